The number of thioether (sulfide) groups is 1. The average Bonchev–Trinajstić information content (AvgIpc) is 3.36. The van der Waals surface area contributed by atoms with E-state index in [1.165, 1.54) is 22.4 Å². The van der Waals surface area contributed by atoms with E-state index in [1.54, 1.807) is 11.8 Å². The minimum atomic E-state index is 0.923. The molecule has 1 aliphatic heterocycles. The summed E-state index contributed by atoms with van der Waals surface area (Å²) >= 11 is 1.80. The Hall–Kier alpha value is -3.50. The van der Waals surface area contributed by atoms with Crippen LogP contribution in [0.25, 0.3) is 49.8 Å². The van der Waals surface area contributed by atoms with Gasteiger partial charge < -0.3 is 4.42 Å². The monoisotopic (exact) mass is 404 g/mol. The zero-order valence-electron chi connectivity index (χ0n) is 16.0. The highest BCUT2D eigenvalue weighted by Gasteiger charge is 2.20. The van der Waals surface area contributed by atoms with E-state index in [2.05, 4.69) is 77.4 Å². The summed E-state index contributed by atoms with van der Waals surface area (Å²) in [5.74, 6) is 0.969. The zero-order chi connectivity index (χ0) is 19.7. The molecule has 0 aliphatic carbocycles. The van der Waals surface area contributed by atoms with Gasteiger partial charge in [0.1, 0.15) is 11.2 Å². The maximum atomic E-state index is 5.98. The SMILES string of the molecule is c1ccc2c(c1)CSc1nc3cc(-c4ccc5oc6ccccc6c5c4)ccc3n1-2. The van der Waals surface area contributed by atoms with Crippen molar-refractivity contribution in [2.75, 3.05) is 0 Å². The lowest BCUT2D eigenvalue weighted by Gasteiger charge is -2.18. The fourth-order valence-electron chi connectivity index (χ4n) is 4.47. The third kappa shape index (κ3) is 2.25. The summed E-state index contributed by atoms with van der Waals surface area (Å²) < 4.78 is 8.27. The molecule has 0 unspecified atom stereocenters. The van der Waals surface area contributed by atoms with Crippen LogP contribution in [0, 0.1) is 0 Å². The van der Waals surface area contributed by atoms with Gasteiger partial charge >= 0.3 is 0 Å². The Kier molecular flexibility index (Phi) is 3.26. The number of rotatable bonds is 1. The molecule has 7 rings (SSSR count). The van der Waals surface area contributed by atoms with Crippen molar-refractivity contribution < 1.29 is 4.42 Å². The molecule has 0 amide bonds. The van der Waals surface area contributed by atoms with Crippen LogP contribution in [0.15, 0.2) is 94.5 Å². The van der Waals surface area contributed by atoms with Gasteiger partial charge in [-0.05, 0) is 53.1 Å². The Balaban J connectivity index is 1.41. The molecule has 6 aromatic rings. The van der Waals surface area contributed by atoms with Crippen molar-refractivity contribution in [3.63, 3.8) is 0 Å². The van der Waals surface area contributed by atoms with Crippen molar-refractivity contribution in [1.82, 2.24) is 9.55 Å². The number of furan rings is 1. The van der Waals surface area contributed by atoms with Gasteiger partial charge in [-0.25, -0.2) is 4.98 Å². The number of hydrogen-bond acceptors (Lipinski definition) is 3. The smallest absolute Gasteiger partial charge is 0.174 e. The quantitative estimate of drug-likeness (QED) is 0.290. The van der Waals surface area contributed by atoms with Crippen molar-refractivity contribution in [3.05, 3.63) is 90.5 Å². The number of hydrogen-bond donors (Lipinski definition) is 0. The first-order chi connectivity index (χ1) is 14.8. The Labute approximate surface area is 177 Å². The van der Waals surface area contributed by atoms with Crippen LogP contribution < -0.4 is 0 Å². The predicted octanol–water partition coefficient (Wildman–Crippen LogP) is 7.20. The normalized spacial score (nSPS) is 13.1. The molecule has 0 atom stereocenters. The number of nitrogens with zero attached hydrogens (tertiary/aromatic N) is 2. The van der Waals surface area contributed by atoms with Crippen LogP contribution in [0.3, 0.4) is 0 Å². The second-order valence-corrected chi connectivity index (χ2v) is 8.60. The molecular weight excluding hydrogens is 388 g/mol. The predicted molar refractivity (Wildman–Crippen MR) is 123 cm³/mol. The summed E-state index contributed by atoms with van der Waals surface area (Å²) in [6.07, 6.45) is 0. The lowest BCUT2D eigenvalue weighted by molar-refractivity contribution is 0.669. The van der Waals surface area contributed by atoms with E-state index in [1.807, 2.05) is 12.1 Å². The fraction of sp³-hybridized carbons (Fsp3) is 0.0385. The van der Waals surface area contributed by atoms with Crippen LogP contribution in [0.4, 0.5) is 0 Å². The summed E-state index contributed by atoms with van der Waals surface area (Å²) in [6, 6.07) is 29.8. The highest BCUT2D eigenvalue weighted by molar-refractivity contribution is 7.98. The summed E-state index contributed by atoms with van der Waals surface area (Å²) in [6.45, 7) is 0. The van der Waals surface area contributed by atoms with Gasteiger partial charge in [-0.15, -0.1) is 0 Å². The van der Waals surface area contributed by atoms with E-state index in [-0.39, 0.29) is 0 Å². The van der Waals surface area contributed by atoms with Crippen LogP contribution >= 0.6 is 11.8 Å². The number of imidazole rings is 1. The third-order valence-corrected chi connectivity index (χ3v) is 6.91. The summed E-state index contributed by atoms with van der Waals surface area (Å²) in [7, 11) is 0. The van der Waals surface area contributed by atoms with Gasteiger partial charge in [0.15, 0.2) is 5.16 Å². The maximum absolute atomic E-state index is 5.98. The average molecular weight is 404 g/mol. The molecule has 4 aromatic carbocycles. The topological polar surface area (TPSA) is 31.0 Å². The first-order valence-corrected chi connectivity index (χ1v) is 11.0. The highest BCUT2D eigenvalue weighted by atomic mass is 32.2. The minimum absolute atomic E-state index is 0.923. The lowest BCUT2D eigenvalue weighted by atomic mass is 10.0. The second kappa shape index (κ2) is 6.00. The highest BCUT2D eigenvalue weighted by Crippen LogP contribution is 2.38. The van der Waals surface area contributed by atoms with Gasteiger partial charge in [-0.3, -0.25) is 4.57 Å². The third-order valence-electron chi connectivity index (χ3n) is 5.92. The molecule has 3 nitrogen and oxygen atoms in total. The van der Waals surface area contributed by atoms with E-state index in [0.29, 0.717) is 0 Å². The van der Waals surface area contributed by atoms with Crippen LogP contribution in [-0.4, -0.2) is 9.55 Å². The Morgan fingerprint density at radius 3 is 2.57 bits per heavy atom. The molecule has 0 radical (unpaired) electrons. The van der Waals surface area contributed by atoms with Gasteiger partial charge in [-0.1, -0.05) is 60.3 Å². The van der Waals surface area contributed by atoms with Crippen LogP contribution in [0.5, 0.6) is 0 Å². The molecule has 0 fully saturated rings. The molecule has 3 heterocycles. The number of fused-ring (bicyclic) bond motifs is 8. The molecule has 0 saturated heterocycles. The Morgan fingerprint density at radius 2 is 1.57 bits per heavy atom. The van der Waals surface area contributed by atoms with Crippen molar-refractivity contribution >= 4 is 44.7 Å². The van der Waals surface area contributed by atoms with Gasteiger partial charge in [0, 0.05) is 16.5 Å². The van der Waals surface area contributed by atoms with Crippen LogP contribution in [0.2, 0.25) is 0 Å². The molecule has 2 aromatic heterocycles. The van der Waals surface area contributed by atoms with Gasteiger partial charge in [0.2, 0.25) is 0 Å². The van der Waals surface area contributed by atoms with Crippen molar-refractivity contribution in [1.29, 1.82) is 0 Å². The first kappa shape index (κ1) is 16.3. The second-order valence-electron chi connectivity index (χ2n) is 7.66. The van der Waals surface area contributed by atoms with E-state index >= 15 is 0 Å². The van der Waals surface area contributed by atoms with E-state index in [9.17, 15) is 0 Å². The Bertz CT molecular complexity index is 1610. The molecule has 0 saturated carbocycles. The fourth-order valence-corrected chi connectivity index (χ4v) is 5.48. The van der Waals surface area contributed by atoms with Crippen LogP contribution in [-0.2, 0) is 5.75 Å². The zero-order valence-corrected chi connectivity index (χ0v) is 16.8. The number of benzene rings is 4. The minimum Gasteiger partial charge on any atom is -0.456 e. The summed E-state index contributed by atoms with van der Waals surface area (Å²) in [5.41, 5.74) is 8.98. The molecule has 4 heteroatoms. The van der Waals surface area contributed by atoms with E-state index < -0.39 is 0 Å². The van der Waals surface area contributed by atoms with Gasteiger partial charge in [0.05, 0.1) is 16.7 Å². The number of para-hydroxylation sites is 2. The standard InChI is InChI=1S/C26H16N2OS/c1-3-7-22-18(5-1)15-30-26-27-21-14-17(9-11-23(21)28(22)26)16-10-12-25-20(13-16)19-6-2-4-8-24(19)29-25/h1-14H,15H2. The molecular formula is C26H16N2OS. The molecule has 0 N–H and O–H groups in total. The van der Waals surface area contributed by atoms with Gasteiger partial charge in [0.25, 0.3) is 0 Å². The van der Waals surface area contributed by atoms with Crippen molar-refractivity contribution in [2.24, 2.45) is 0 Å². The van der Waals surface area contributed by atoms with E-state index in [0.717, 1.165) is 43.9 Å². The molecule has 142 valence electrons. The maximum Gasteiger partial charge on any atom is 0.174 e. The summed E-state index contributed by atoms with van der Waals surface area (Å²) in [5, 5.41) is 3.37. The molecule has 0 spiro atoms. The van der Waals surface area contributed by atoms with Gasteiger partial charge in [-0.2, -0.15) is 0 Å². The summed E-state index contributed by atoms with van der Waals surface area (Å²) in [4.78, 5) is 4.95. The Morgan fingerprint density at radius 1 is 0.767 bits per heavy atom. The number of aromatic nitrogens is 2. The van der Waals surface area contributed by atoms with Crippen molar-refractivity contribution in [2.45, 2.75) is 10.9 Å². The lowest BCUT2D eigenvalue weighted by Crippen LogP contribution is -2.05. The largest absolute Gasteiger partial charge is 0.456 e. The molecule has 0 bridgehead atoms. The molecule has 1 aliphatic rings. The van der Waals surface area contributed by atoms with E-state index in [4.69, 9.17) is 9.40 Å². The van der Waals surface area contributed by atoms with Crippen molar-refractivity contribution in [3.8, 4) is 16.8 Å². The first-order valence-electron chi connectivity index (χ1n) is 10.0. The van der Waals surface area contributed by atoms with Crippen LogP contribution in [0.1, 0.15) is 5.56 Å². The molecule has 30 heavy (non-hydrogen) atoms.